The fourth-order valence-corrected chi connectivity index (χ4v) is 2.03. The van der Waals surface area contributed by atoms with Gasteiger partial charge in [0, 0.05) is 39.1 Å². The molecule has 1 unspecified atom stereocenters. The number of rotatable bonds is 7. The molecule has 0 aliphatic carbocycles. The molecule has 0 saturated carbocycles. The van der Waals surface area contributed by atoms with Gasteiger partial charge in [-0.1, -0.05) is 6.92 Å². The Morgan fingerprint density at radius 3 is 2.44 bits per heavy atom. The molecule has 1 aliphatic heterocycles. The van der Waals surface area contributed by atoms with Gasteiger partial charge in [-0.05, 0) is 19.8 Å². The Bertz CT molecular complexity index is 214. The van der Waals surface area contributed by atoms with E-state index in [2.05, 4.69) is 6.92 Å². The molecule has 0 bridgehead atoms. The van der Waals surface area contributed by atoms with Crippen LogP contribution in [0.2, 0.25) is 0 Å². The fourth-order valence-electron chi connectivity index (χ4n) is 2.03. The van der Waals surface area contributed by atoms with Gasteiger partial charge in [-0.3, -0.25) is 4.79 Å². The van der Waals surface area contributed by atoms with E-state index < -0.39 is 0 Å². The van der Waals surface area contributed by atoms with Crippen LogP contribution in [0.4, 0.5) is 0 Å². The highest BCUT2D eigenvalue weighted by Crippen LogP contribution is 2.17. The molecule has 0 spiro atoms. The summed E-state index contributed by atoms with van der Waals surface area (Å²) in [5, 5.41) is 0. The Labute approximate surface area is 97.9 Å². The number of hydrogen-bond donors (Lipinski definition) is 0. The minimum absolute atomic E-state index is 0.168. The summed E-state index contributed by atoms with van der Waals surface area (Å²) in [7, 11) is 0. The number of hydrogen-bond acceptors (Lipinski definition) is 3. The molecule has 0 N–H and O–H groups in total. The van der Waals surface area contributed by atoms with Crippen molar-refractivity contribution in [3.8, 4) is 0 Å². The van der Waals surface area contributed by atoms with Gasteiger partial charge < -0.3 is 14.4 Å². The predicted octanol–water partition coefficient (Wildman–Crippen LogP) is 1.64. The Kier molecular flexibility index (Phi) is 5.77. The van der Waals surface area contributed by atoms with Crippen LogP contribution in [-0.2, 0) is 14.3 Å². The van der Waals surface area contributed by atoms with Crippen LogP contribution in [-0.4, -0.2) is 43.4 Å². The number of carbonyl (C=O) groups excluding carboxylic acids is 1. The highest BCUT2D eigenvalue weighted by atomic mass is 16.7. The topological polar surface area (TPSA) is 38.8 Å². The normalized spacial score (nSPS) is 21.1. The number of carbonyl (C=O) groups is 1. The molecule has 1 aliphatic rings. The van der Waals surface area contributed by atoms with Crippen molar-refractivity contribution in [3.05, 3.63) is 0 Å². The van der Waals surface area contributed by atoms with Crippen molar-refractivity contribution in [2.45, 2.75) is 39.9 Å². The molecule has 1 fully saturated rings. The van der Waals surface area contributed by atoms with Gasteiger partial charge in [0.15, 0.2) is 6.29 Å². The zero-order chi connectivity index (χ0) is 12.0. The molecule has 1 heterocycles. The van der Waals surface area contributed by atoms with Crippen LogP contribution in [0.15, 0.2) is 0 Å². The van der Waals surface area contributed by atoms with Crippen molar-refractivity contribution in [3.63, 3.8) is 0 Å². The maximum absolute atomic E-state index is 11.6. The summed E-state index contributed by atoms with van der Waals surface area (Å²) in [4.78, 5) is 13.5. The largest absolute Gasteiger partial charge is 0.353 e. The lowest BCUT2D eigenvalue weighted by Crippen LogP contribution is -2.30. The Hall–Kier alpha value is -0.610. The van der Waals surface area contributed by atoms with Crippen molar-refractivity contribution >= 4 is 5.91 Å². The van der Waals surface area contributed by atoms with Crippen LogP contribution in [0.25, 0.3) is 0 Å². The zero-order valence-electron chi connectivity index (χ0n) is 10.6. The van der Waals surface area contributed by atoms with Crippen LogP contribution >= 0.6 is 0 Å². The highest BCUT2D eigenvalue weighted by molar-refractivity contribution is 5.78. The standard InChI is InChI=1S/C12H23NO3/c1-4-15-12(16-5-2)6-7-13-9-10(3)8-11(13)14/h10,12H,4-9H2,1-3H3. The summed E-state index contributed by atoms with van der Waals surface area (Å²) in [6, 6.07) is 0. The molecule has 4 nitrogen and oxygen atoms in total. The van der Waals surface area contributed by atoms with Gasteiger partial charge in [-0.2, -0.15) is 0 Å². The summed E-state index contributed by atoms with van der Waals surface area (Å²) in [6.07, 6.45) is 1.28. The second kappa shape index (κ2) is 6.86. The monoisotopic (exact) mass is 229 g/mol. The molecule has 16 heavy (non-hydrogen) atoms. The second-order valence-electron chi connectivity index (χ2n) is 4.28. The Morgan fingerprint density at radius 2 is 2.00 bits per heavy atom. The van der Waals surface area contributed by atoms with Crippen LogP contribution in [0, 0.1) is 5.92 Å². The number of ether oxygens (including phenoxy) is 2. The van der Waals surface area contributed by atoms with Crippen LogP contribution in [0.3, 0.4) is 0 Å². The molecule has 0 aromatic heterocycles. The van der Waals surface area contributed by atoms with E-state index in [-0.39, 0.29) is 12.2 Å². The quantitative estimate of drug-likeness (QED) is 0.623. The summed E-state index contributed by atoms with van der Waals surface area (Å²) in [5.41, 5.74) is 0. The van der Waals surface area contributed by atoms with Gasteiger partial charge >= 0.3 is 0 Å². The first-order chi connectivity index (χ1) is 7.67. The maximum Gasteiger partial charge on any atom is 0.222 e. The smallest absolute Gasteiger partial charge is 0.222 e. The maximum atomic E-state index is 11.6. The van der Waals surface area contributed by atoms with Crippen LogP contribution in [0.1, 0.15) is 33.6 Å². The third-order valence-corrected chi connectivity index (χ3v) is 2.75. The van der Waals surface area contributed by atoms with Gasteiger partial charge in [0.1, 0.15) is 0 Å². The van der Waals surface area contributed by atoms with E-state index in [1.807, 2.05) is 18.7 Å². The molecule has 4 heteroatoms. The molecule has 1 atom stereocenters. The molecular weight excluding hydrogens is 206 g/mol. The lowest BCUT2D eigenvalue weighted by Gasteiger charge is -2.21. The minimum atomic E-state index is -0.168. The zero-order valence-corrected chi connectivity index (χ0v) is 10.6. The molecule has 1 amide bonds. The lowest BCUT2D eigenvalue weighted by atomic mass is 10.2. The Morgan fingerprint density at radius 1 is 1.38 bits per heavy atom. The number of likely N-dealkylation sites (tertiary alicyclic amines) is 1. The SMILES string of the molecule is CCOC(CCN1CC(C)CC1=O)OCC. The molecule has 94 valence electrons. The first kappa shape index (κ1) is 13.5. The molecule has 0 radical (unpaired) electrons. The second-order valence-corrected chi connectivity index (χ2v) is 4.28. The summed E-state index contributed by atoms with van der Waals surface area (Å²) >= 11 is 0. The molecule has 1 saturated heterocycles. The summed E-state index contributed by atoms with van der Waals surface area (Å²) in [6.45, 7) is 8.94. The van der Waals surface area contributed by atoms with Crippen LogP contribution in [0.5, 0.6) is 0 Å². The average molecular weight is 229 g/mol. The van der Waals surface area contributed by atoms with E-state index in [9.17, 15) is 4.79 Å². The van der Waals surface area contributed by atoms with Gasteiger partial charge in [-0.15, -0.1) is 0 Å². The minimum Gasteiger partial charge on any atom is -0.353 e. The van der Waals surface area contributed by atoms with Crippen molar-refractivity contribution in [2.24, 2.45) is 5.92 Å². The third kappa shape index (κ3) is 4.10. The number of amides is 1. The number of nitrogens with zero attached hydrogens (tertiary/aromatic N) is 1. The molecule has 1 rings (SSSR count). The van der Waals surface area contributed by atoms with Crippen molar-refractivity contribution in [1.29, 1.82) is 0 Å². The van der Waals surface area contributed by atoms with Gasteiger partial charge in [-0.25, -0.2) is 0 Å². The lowest BCUT2D eigenvalue weighted by molar-refractivity contribution is -0.144. The summed E-state index contributed by atoms with van der Waals surface area (Å²) in [5.74, 6) is 0.754. The van der Waals surface area contributed by atoms with E-state index in [0.717, 1.165) is 19.5 Å². The van der Waals surface area contributed by atoms with Gasteiger partial charge in [0.2, 0.25) is 5.91 Å². The van der Waals surface area contributed by atoms with E-state index >= 15 is 0 Å². The first-order valence-electron chi connectivity index (χ1n) is 6.18. The Balaban J connectivity index is 2.28. The van der Waals surface area contributed by atoms with E-state index in [4.69, 9.17) is 9.47 Å². The van der Waals surface area contributed by atoms with Gasteiger partial charge in [0.25, 0.3) is 0 Å². The van der Waals surface area contributed by atoms with E-state index in [1.165, 1.54) is 0 Å². The van der Waals surface area contributed by atoms with E-state index in [1.54, 1.807) is 0 Å². The van der Waals surface area contributed by atoms with Crippen molar-refractivity contribution in [2.75, 3.05) is 26.3 Å². The van der Waals surface area contributed by atoms with Crippen molar-refractivity contribution in [1.82, 2.24) is 4.90 Å². The predicted molar refractivity (Wildman–Crippen MR) is 62.0 cm³/mol. The van der Waals surface area contributed by atoms with E-state index in [0.29, 0.717) is 25.6 Å². The summed E-state index contributed by atoms with van der Waals surface area (Å²) < 4.78 is 10.9. The first-order valence-corrected chi connectivity index (χ1v) is 6.18. The molecular formula is C12H23NO3. The van der Waals surface area contributed by atoms with Gasteiger partial charge in [0.05, 0.1) is 0 Å². The highest BCUT2D eigenvalue weighted by Gasteiger charge is 2.26. The van der Waals surface area contributed by atoms with Crippen molar-refractivity contribution < 1.29 is 14.3 Å². The fraction of sp³-hybridized carbons (Fsp3) is 0.917. The van der Waals surface area contributed by atoms with Crippen LogP contribution < -0.4 is 0 Å². The molecule has 0 aromatic rings. The molecule has 0 aromatic carbocycles. The average Bonchev–Trinajstić information content (AvgIpc) is 2.54. The third-order valence-electron chi connectivity index (χ3n) is 2.75.